The fourth-order valence-electron chi connectivity index (χ4n) is 2.04. The van der Waals surface area contributed by atoms with Crippen molar-refractivity contribution in [3.63, 3.8) is 0 Å². The van der Waals surface area contributed by atoms with Crippen molar-refractivity contribution in [2.75, 3.05) is 0 Å². The Labute approximate surface area is 143 Å². The number of hydrogen-bond acceptors (Lipinski definition) is 1. The summed E-state index contributed by atoms with van der Waals surface area (Å²) in [6.45, 7) is 4.37. The van der Waals surface area contributed by atoms with Crippen molar-refractivity contribution in [1.29, 1.82) is 0 Å². The third-order valence-corrected chi connectivity index (χ3v) is 3.60. The smallest absolute Gasteiger partial charge is 0.185 e. The van der Waals surface area contributed by atoms with Gasteiger partial charge >= 0.3 is 0 Å². The summed E-state index contributed by atoms with van der Waals surface area (Å²) >= 11 is 0. The second kappa shape index (κ2) is 11.4. The van der Waals surface area contributed by atoms with Crippen molar-refractivity contribution in [2.45, 2.75) is 48.5 Å². The quantitative estimate of drug-likeness (QED) is 0.429. The Balaban J connectivity index is 0. The Kier molecular flexibility index (Phi) is 11.5. The van der Waals surface area contributed by atoms with Gasteiger partial charge in [0.05, 0.1) is 0 Å². The Morgan fingerprint density at radius 1 is 0.957 bits per heavy atom. The van der Waals surface area contributed by atoms with Crippen LogP contribution in [0.15, 0.2) is 60.7 Å². The van der Waals surface area contributed by atoms with E-state index in [1.54, 1.807) is 6.08 Å². The van der Waals surface area contributed by atoms with Crippen molar-refractivity contribution < 1.29 is 4.79 Å². The molecule has 23 heavy (non-hydrogen) atoms. The molecule has 0 fully saturated rings. The minimum atomic E-state index is 0. The minimum absolute atomic E-state index is 0. The average molecular weight is 312 g/mol. The fourth-order valence-corrected chi connectivity index (χ4v) is 2.04. The van der Waals surface area contributed by atoms with E-state index in [2.05, 4.69) is 26.0 Å². The van der Waals surface area contributed by atoms with E-state index in [4.69, 9.17) is 0 Å². The van der Waals surface area contributed by atoms with Crippen LogP contribution in [0.5, 0.6) is 0 Å². The molecule has 1 nitrogen and oxygen atoms in total. The van der Waals surface area contributed by atoms with E-state index in [0.29, 0.717) is 5.92 Å². The molecule has 0 aromatic heterocycles. The molecule has 2 aromatic carbocycles. The summed E-state index contributed by atoms with van der Waals surface area (Å²) in [5.41, 5.74) is 3.07. The van der Waals surface area contributed by atoms with Gasteiger partial charge in [0.25, 0.3) is 0 Å². The molecular weight excluding hydrogens is 280 g/mol. The van der Waals surface area contributed by atoms with E-state index in [-0.39, 0.29) is 28.1 Å². The molecule has 2 aromatic rings. The molecule has 1 heteroatoms. The highest BCUT2D eigenvalue weighted by atomic mass is 16.1. The number of carbonyl (C=O) groups is 1. The fraction of sp³-hybridized carbons (Fsp3) is 0.318. The molecule has 0 radical (unpaired) electrons. The maximum atomic E-state index is 12.1. The van der Waals surface area contributed by atoms with Crippen molar-refractivity contribution in [3.05, 3.63) is 77.4 Å². The lowest BCUT2D eigenvalue weighted by atomic mass is 9.97. The Morgan fingerprint density at radius 2 is 1.52 bits per heavy atom. The summed E-state index contributed by atoms with van der Waals surface area (Å²) in [4.78, 5) is 12.1. The summed E-state index contributed by atoms with van der Waals surface area (Å²) < 4.78 is 0. The number of hydrogen-bond donors (Lipinski definition) is 0. The zero-order chi connectivity index (χ0) is 14.4. The number of benzene rings is 2. The lowest BCUT2D eigenvalue weighted by molar-refractivity contribution is 0.104. The zero-order valence-corrected chi connectivity index (χ0v) is 12.0. The summed E-state index contributed by atoms with van der Waals surface area (Å²) in [7, 11) is 0. The molecular formula is C22H32O. The van der Waals surface area contributed by atoms with Gasteiger partial charge in [-0.1, -0.05) is 96.8 Å². The molecule has 0 N–H and O–H groups in total. The van der Waals surface area contributed by atoms with E-state index in [0.717, 1.165) is 17.5 Å². The van der Waals surface area contributed by atoms with Crippen LogP contribution in [0.4, 0.5) is 0 Å². The molecule has 0 saturated heterocycles. The lowest BCUT2D eigenvalue weighted by Gasteiger charge is -2.08. The molecule has 126 valence electrons. The molecule has 0 aliphatic heterocycles. The van der Waals surface area contributed by atoms with E-state index in [1.807, 2.05) is 48.5 Å². The van der Waals surface area contributed by atoms with Crippen LogP contribution in [0.3, 0.4) is 0 Å². The second-order valence-corrected chi connectivity index (χ2v) is 5.04. The van der Waals surface area contributed by atoms with Gasteiger partial charge in [0.15, 0.2) is 5.78 Å². The summed E-state index contributed by atoms with van der Waals surface area (Å²) in [6, 6.07) is 17.8. The first-order valence-electron chi connectivity index (χ1n) is 7.08. The van der Waals surface area contributed by atoms with Crippen LogP contribution < -0.4 is 0 Å². The molecule has 0 aliphatic rings. The van der Waals surface area contributed by atoms with Gasteiger partial charge in [-0.25, -0.2) is 0 Å². The normalized spacial score (nSPS) is 10.9. The maximum Gasteiger partial charge on any atom is 0.185 e. The first-order chi connectivity index (χ1) is 9.70. The highest BCUT2D eigenvalue weighted by Crippen LogP contribution is 2.19. The summed E-state index contributed by atoms with van der Waals surface area (Å²) in [5.74, 6) is 0.587. The molecule has 0 saturated carbocycles. The number of carbonyl (C=O) groups excluding carboxylic acids is 1. The average Bonchev–Trinajstić information content (AvgIpc) is 2.53. The van der Waals surface area contributed by atoms with Gasteiger partial charge in [0, 0.05) is 5.56 Å². The van der Waals surface area contributed by atoms with Gasteiger partial charge in [-0.2, -0.15) is 0 Å². The minimum Gasteiger partial charge on any atom is -0.289 e. The summed E-state index contributed by atoms with van der Waals surface area (Å²) in [6.07, 6.45) is 4.60. The lowest BCUT2D eigenvalue weighted by Crippen LogP contribution is -1.96. The molecule has 0 amide bonds. The SMILES string of the molecule is C.C.C.CCC(C)c1ccc(C(=O)C=Cc2ccccc2)cc1. The van der Waals surface area contributed by atoms with Crippen LogP contribution in [0.25, 0.3) is 6.08 Å². The van der Waals surface area contributed by atoms with E-state index in [1.165, 1.54) is 5.56 Å². The van der Waals surface area contributed by atoms with E-state index < -0.39 is 0 Å². The van der Waals surface area contributed by atoms with Gasteiger partial charge < -0.3 is 0 Å². The molecule has 0 aliphatic carbocycles. The van der Waals surface area contributed by atoms with Crippen LogP contribution in [-0.2, 0) is 0 Å². The van der Waals surface area contributed by atoms with Gasteiger partial charge in [-0.05, 0) is 29.5 Å². The van der Waals surface area contributed by atoms with Crippen LogP contribution in [0.2, 0.25) is 0 Å². The second-order valence-electron chi connectivity index (χ2n) is 5.04. The van der Waals surface area contributed by atoms with Crippen LogP contribution in [0, 0.1) is 0 Å². The Bertz CT molecular complexity index is 579. The van der Waals surface area contributed by atoms with Crippen molar-refractivity contribution in [2.24, 2.45) is 0 Å². The first kappa shape index (κ1) is 23.1. The van der Waals surface area contributed by atoms with Crippen molar-refractivity contribution in [1.82, 2.24) is 0 Å². The molecule has 0 bridgehead atoms. The predicted molar refractivity (Wildman–Crippen MR) is 105 cm³/mol. The Hall–Kier alpha value is -2.15. The van der Waals surface area contributed by atoms with Gasteiger partial charge in [-0.15, -0.1) is 0 Å². The molecule has 0 spiro atoms. The first-order valence-corrected chi connectivity index (χ1v) is 7.08. The van der Waals surface area contributed by atoms with E-state index in [9.17, 15) is 4.79 Å². The number of allylic oxidation sites excluding steroid dienone is 1. The zero-order valence-electron chi connectivity index (χ0n) is 12.0. The molecule has 0 heterocycles. The highest BCUT2D eigenvalue weighted by Gasteiger charge is 2.05. The van der Waals surface area contributed by atoms with Crippen molar-refractivity contribution >= 4 is 11.9 Å². The largest absolute Gasteiger partial charge is 0.289 e. The third-order valence-electron chi connectivity index (χ3n) is 3.60. The maximum absolute atomic E-state index is 12.1. The monoisotopic (exact) mass is 312 g/mol. The van der Waals surface area contributed by atoms with Gasteiger partial charge in [0.2, 0.25) is 0 Å². The van der Waals surface area contributed by atoms with Crippen LogP contribution in [-0.4, -0.2) is 5.78 Å². The number of rotatable bonds is 5. The topological polar surface area (TPSA) is 17.1 Å². The highest BCUT2D eigenvalue weighted by molar-refractivity contribution is 6.06. The van der Waals surface area contributed by atoms with E-state index >= 15 is 0 Å². The van der Waals surface area contributed by atoms with Gasteiger partial charge in [0.1, 0.15) is 0 Å². The number of ketones is 1. The standard InChI is InChI=1S/C19H20O.3CH4/c1-3-15(2)17-10-12-18(13-11-17)19(20)14-9-16-7-5-4-6-8-16;;;/h4-15H,3H2,1-2H3;3*1H4. The molecule has 1 unspecified atom stereocenters. The Morgan fingerprint density at radius 3 is 2.04 bits per heavy atom. The molecule has 2 rings (SSSR count). The van der Waals surface area contributed by atoms with Gasteiger partial charge in [-0.3, -0.25) is 4.79 Å². The predicted octanol–water partition coefficient (Wildman–Crippen LogP) is 7.00. The van der Waals surface area contributed by atoms with Crippen LogP contribution >= 0.6 is 0 Å². The van der Waals surface area contributed by atoms with Crippen molar-refractivity contribution in [3.8, 4) is 0 Å². The van der Waals surface area contributed by atoms with Crippen LogP contribution in [0.1, 0.15) is 70.0 Å². The molecule has 1 atom stereocenters. The third kappa shape index (κ3) is 6.65. The summed E-state index contributed by atoms with van der Waals surface area (Å²) in [5, 5.41) is 0.